The van der Waals surface area contributed by atoms with Gasteiger partial charge in [-0.25, -0.2) is 0 Å². The molecule has 1 heterocycles. The number of piperidine rings is 1. The summed E-state index contributed by atoms with van der Waals surface area (Å²) < 4.78 is 0. The molecule has 0 aliphatic carbocycles. The maximum atomic E-state index is 12.9. The molecule has 0 aromatic heterocycles. The summed E-state index contributed by atoms with van der Waals surface area (Å²) in [5.74, 6) is 0.977. The van der Waals surface area contributed by atoms with Crippen molar-refractivity contribution in [1.82, 2.24) is 10.2 Å². The fourth-order valence-corrected chi connectivity index (χ4v) is 3.97. The fourth-order valence-electron chi connectivity index (χ4n) is 3.05. The van der Waals surface area contributed by atoms with Crippen LogP contribution < -0.4 is 11.1 Å². The molecule has 1 aliphatic heterocycles. The normalized spacial score (nSPS) is 18.6. The zero-order valence-electron chi connectivity index (χ0n) is 14.9. The first kappa shape index (κ1) is 19.8. The molecule has 5 nitrogen and oxygen atoms in total. The lowest BCUT2D eigenvalue weighted by Gasteiger charge is -2.37. The third-order valence-electron chi connectivity index (χ3n) is 4.51. The molecule has 2 atom stereocenters. The molecule has 1 fully saturated rings. The molecule has 2 unspecified atom stereocenters. The number of nitrogens with two attached hydrogens (primary N) is 1. The summed E-state index contributed by atoms with van der Waals surface area (Å²) in [6.07, 6.45) is 3.43. The average Bonchev–Trinajstić information content (AvgIpc) is 2.65. The van der Waals surface area contributed by atoms with Crippen LogP contribution in [0.1, 0.15) is 38.2 Å². The lowest BCUT2D eigenvalue weighted by molar-refractivity contribution is -0.134. The van der Waals surface area contributed by atoms with Crippen molar-refractivity contribution < 1.29 is 9.59 Å². The molecule has 1 saturated heterocycles. The van der Waals surface area contributed by atoms with Gasteiger partial charge in [0.05, 0.1) is 5.25 Å². The summed E-state index contributed by atoms with van der Waals surface area (Å²) >= 11 is 1.67. The van der Waals surface area contributed by atoms with Crippen LogP contribution in [-0.4, -0.2) is 47.6 Å². The van der Waals surface area contributed by atoms with Gasteiger partial charge in [-0.05, 0) is 31.7 Å². The van der Waals surface area contributed by atoms with Gasteiger partial charge in [0.2, 0.25) is 11.8 Å². The van der Waals surface area contributed by atoms with Gasteiger partial charge in [-0.15, -0.1) is 11.8 Å². The van der Waals surface area contributed by atoms with Gasteiger partial charge in [0, 0.05) is 37.8 Å². The van der Waals surface area contributed by atoms with Crippen molar-refractivity contribution in [1.29, 1.82) is 0 Å². The van der Waals surface area contributed by atoms with Crippen molar-refractivity contribution in [2.45, 2.75) is 49.7 Å². The van der Waals surface area contributed by atoms with E-state index in [0.717, 1.165) is 31.6 Å². The number of amides is 2. The van der Waals surface area contributed by atoms with Gasteiger partial charge in [-0.2, -0.15) is 0 Å². The Bertz CT molecular complexity index is 553. The second-order valence-corrected chi connectivity index (χ2v) is 7.79. The van der Waals surface area contributed by atoms with Crippen molar-refractivity contribution in [3.63, 3.8) is 0 Å². The second kappa shape index (κ2) is 10.5. The van der Waals surface area contributed by atoms with E-state index < -0.39 is 0 Å². The molecule has 1 aliphatic rings. The zero-order chi connectivity index (χ0) is 18.1. The topological polar surface area (TPSA) is 75.4 Å². The molecule has 1 aromatic rings. The highest BCUT2D eigenvalue weighted by Gasteiger charge is 2.29. The van der Waals surface area contributed by atoms with E-state index in [0.29, 0.717) is 19.5 Å². The lowest BCUT2D eigenvalue weighted by atomic mass is 10.0. The predicted molar refractivity (Wildman–Crippen MR) is 103 cm³/mol. The van der Waals surface area contributed by atoms with Crippen molar-refractivity contribution in [3.05, 3.63) is 35.9 Å². The number of thioether (sulfide) groups is 1. The molecular weight excluding hydrogens is 334 g/mol. The first-order valence-corrected chi connectivity index (χ1v) is 10.1. The predicted octanol–water partition coefficient (Wildman–Crippen LogP) is 2.15. The maximum Gasteiger partial charge on any atom is 0.235 e. The Hall–Kier alpha value is -1.53. The number of likely N-dealkylation sites (tertiary alicyclic amines) is 1. The van der Waals surface area contributed by atoms with Crippen LogP contribution in [0.5, 0.6) is 0 Å². The number of carbonyl (C=O) groups excluding carboxylic acids is 2. The third-order valence-corrected chi connectivity index (χ3v) is 5.71. The summed E-state index contributed by atoms with van der Waals surface area (Å²) in [7, 11) is 0. The van der Waals surface area contributed by atoms with Gasteiger partial charge < -0.3 is 16.0 Å². The molecule has 0 saturated carbocycles. The van der Waals surface area contributed by atoms with Crippen molar-refractivity contribution >= 4 is 23.6 Å². The summed E-state index contributed by atoms with van der Waals surface area (Å²) in [4.78, 5) is 26.5. The van der Waals surface area contributed by atoms with Crippen LogP contribution in [0.2, 0.25) is 0 Å². The highest BCUT2D eigenvalue weighted by Crippen LogP contribution is 2.23. The van der Waals surface area contributed by atoms with Gasteiger partial charge in [-0.3, -0.25) is 9.59 Å². The zero-order valence-corrected chi connectivity index (χ0v) is 15.8. The minimum Gasteiger partial charge on any atom is -0.354 e. The van der Waals surface area contributed by atoms with E-state index in [1.54, 1.807) is 11.8 Å². The molecule has 3 N–H and O–H groups in total. The third kappa shape index (κ3) is 6.36. The minimum atomic E-state index is -0.0828. The SMILES string of the molecule is CC(SCc1ccccc1)C(=O)N1CCCCC1CNC(=O)CCN. The Morgan fingerprint density at radius 1 is 1.32 bits per heavy atom. The van der Waals surface area contributed by atoms with E-state index in [2.05, 4.69) is 17.4 Å². The van der Waals surface area contributed by atoms with Crippen LogP contribution in [0, 0.1) is 0 Å². The number of nitrogens with zero attached hydrogens (tertiary/aromatic N) is 1. The molecule has 2 rings (SSSR count). The largest absolute Gasteiger partial charge is 0.354 e. The summed E-state index contributed by atoms with van der Waals surface area (Å²) in [5.41, 5.74) is 6.64. The molecule has 138 valence electrons. The van der Waals surface area contributed by atoms with E-state index in [-0.39, 0.29) is 23.1 Å². The van der Waals surface area contributed by atoms with Crippen LogP contribution >= 0.6 is 11.8 Å². The second-order valence-electron chi connectivity index (χ2n) is 6.46. The smallest absolute Gasteiger partial charge is 0.235 e. The van der Waals surface area contributed by atoms with Gasteiger partial charge >= 0.3 is 0 Å². The Morgan fingerprint density at radius 3 is 2.80 bits per heavy atom. The maximum absolute atomic E-state index is 12.9. The number of hydrogen-bond donors (Lipinski definition) is 2. The van der Waals surface area contributed by atoms with E-state index in [9.17, 15) is 9.59 Å². The van der Waals surface area contributed by atoms with Crippen LogP contribution in [0.3, 0.4) is 0 Å². The monoisotopic (exact) mass is 363 g/mol. The van der Waals surface area contributed by atoms with Crippen molar-refractivity contribution in [2.75, 3.05) is 19.6 Å². The van der Waals surface area contributed by atoms with E-state index >= 15 is 0 Å². The molecule has 25 heavy (non-hydrogen) atoms. The molecule has 6 heteroatoms. The van der Waals surface area contributed by atoms with Gasteiger partial charge in [-0.1, -0.05) is 30.3 Å². The quantitative estimate of drug-likeness (QED) is 0.742. The Morgan fingerprint density at radius 2 is 2.08 bits per heavy atom. The molecular formula is C19H29N3O2S. The van der Waals surface area contributed by atoms with Crippen LogP contribution in [0.25, 0.3) is 0 Å². The van der Waals surface area contributed by atoms with Crippen molar-refractivity contribution in [2.24, 2.45) is 5.73 Å². The van der Waals surface area contributed by atoms with E-state index in [1.807, 2.05) is 30.0 Å². The first-order chi connectivity index (χ1) is 12.1. The average molecular weight is 364 g/mol. The van der Waals surface area contributed by atoms with Crippen LogP contribution in [-0.2, 0) is 15.3 Å². The van der Waals surface area contributed by atoms with Crippen LogP contribution in [0.15, 0.2) is 30.3 Å². The highest BCUT2D eigenvalue weighted by atomic mass is 32.2. The van der Waals surface area contributed by atoms with Gasteiger partial charge in [0.15, 0.2) is 0 Å². The Labute approximate surface area is 154 Å². The molecule has 0 spiro atoms. The summed E-state index contributed by atoms with van der Waals surface area (Å²) in [6.45, 7) is 3.65. The minimum absolute atomic E-state index is 0.0352. The van der Waals surface area contributed by atoms with Crippen LogP contribution in [0.4, 0.5) is 0 Å². The molecule has 2 amide bonds. The number of rotatable bonds is 8. The fraction of sp³-hybridized carbons (Fsp3) is 0.579. The Balaban J connectivity index is 1.86. The standard InChI is InChI=1S/C19H29N3O2S/c1-15(25-14-16-7-3-2-4-8-16)19(24)22-12-6-5-9-17(22)13-21-18(23)10-11-20/h2-4,7-8,15,17H,5-6,9-14,20H2,1H3,(H,21,23). The molecule has 0 radical (unpaired) electrons. The van der Waals surface area contributed by atoms with Gasteiger partial charge in [0.25, 0.3) is 0 Å². The number of nitrogens with one attached hydrogen (secondary N) is 1. The number of hydrogen-bond acceptors (Lipinski definition) is 4. The van der Waals surface area contributed by atoms with E-state index in [1.165, 1.54) is 5.56 Å². The highest BCUT2D eigenvalue weighted by molar-refractivity contribution is 7.99. The Kier molecular flexibility index (Phi) is 8.28. The number of benzene rings is 1. The van der Waals surface area contributed by atoms with E-state index in [4.69, 9.17) is 5.73 Å². The summed E-state index contributed by atoms with van der Waals surface area (Å²) in [6, 6.07) is 10.3. The molecule has 1 aromatic carbocycles. The summed E-state index contributed by atoms with van der Waals surface area (Å²) in [5, 5.41) is 2.83. The van der Waals surface area contributed by atoms with Gasteiger partial charge in [0.1, 0.15) is 0 Å². The first-order valence-electron chi connectivity index (χ1n) is 9.04. The number of carbonyl (C=O) groups is 2. The lowest BCUT2D eigenvalue weighted by Crippen LogP contribution is -2.51. The van der Waals surface area contributed by atoms with Crippen molar-refractivity contribution in [3.8, 4) is 0 Å². The molecule has 0 bridgehead atoms.